The highest BCUT2D eigenvalue weighted by Gasteiger charge is 2.35. The first-order valence-corrected chi connectivity index (χ1v) is 9.56. The topological polar surface area (TPSA) is 42.4 Å². The number of pyridine rings is 1. The number of nitrogens with zero attached hydrogens (tertiary/aromatic N) is 2. The van der Waals surface area contributed by atoms with Crippen molar-refractivity contribution in [1.82, 2.24) is 9.65 Å². The van der Waals surface area contributed by atoms with Gasteiger partial charge in [0.15, 0.2) is 0 Å². The third kappa shape index (κ3) is 3.91. The van der Waals surface area contributed by atoms with Crippen LogP contribution in [0.25, 0.3) is 0 Å². The van der Waals surface area contributed by atoms with Crippen molar-refractivity contribution in [3.8, 4) is 0 Å². The van der Waals surface area contributed by atoms with E-state index in [9.17, 15) is 4.57 Å². The van der Waals surface area contributed by atoms with Crippen molar-refractivity contribution in [2.45, 2.75) is 45.1 Å². The number of hydrogen-bond donors (Lipinski definition) is 0. The number of rotatable bonds is 6. The van der Waals surface area contributed by atoms with Gasteiger partial charge in [-0.3, -0.25) is 9.55 Å². The fourth-order valence-electron chi connectivity index (χ4n) is 2.72. The third-order valence-electron chi connectivity index (χ3n) is 3.84. The standard InChI is InChI=1S/C15H25N2O2P/c1-3-4-12-19-20(2,18)17-11-6-5-9-15(17)14-8-7-10-16-13-14/h7-8,10,13,15H,3-6,9,11-12H2,1-2H3. The van der Waals surface area contributed by atoms with Crippen molar-refractivity contribution >= 4 is 7.52 Å². The monoisotopic (exact) mass is 296 g/mol. The van der Waals surface area contributed by atoms with Gasteiger partial charge in [-0.05, 0) is 30.9 Å². The molecule has 1 aromatic rings. The summed E-state index contributed by atoms with van der Waals surface area (Å²) in [6, 6.07) is 4.19. The van der Waals surface area contributed by atoms with Gasteiger partial charge >= 0.3 is 0 Å². The molecule has 2 unspecified atom stereocenters. The van der Waals surface area contributed by atoms with E-state index >= 15 is 0 Å². The maximum Gasteiger partial charge on any atom is 0.269 e. The summed E-state index contributed by atoms with van der Waals surface area (Å²) < 4.78 is 20.7. The van der Waals surface area contributed by atoms with Gasteiger partial charge in [0, 0.05) is 31.6 Å². The van der Waals surface area contributed by atoms with Crippen LogP contribution in [0.15, 0.2) is 24.5 Å². The molecule has 20 heavy (non-hydrogen) atoms. The molecule has 0 amide bonds. The minimum atomic E-state index is -2.71. The molecule has 0 spiro atoms. The molecule has 0 bridgehead atoms. The average Bonchev–Trinajstić information content (AvgIpc) is 2.48. The van der Waals surface area contributed by atoms with Crippen molar-refractivity contribution in [2.75, 3.05) is 19.8 Å². The number of aromatic nitrogens is 1. The first kappa shape index (κ1) is 15.7. The third-order valence-corrected chi connectivity index (χ3v) is 5.91. The molecule has 112 valence electrons. The van der Waals surface area contributed by atoms with Gasteiger partial charge in [-0.2, -0.15) is 0 Å². The summed E-state index contributed by atoms with van der Waals surface area (Å²) >= 11 is 0. The summed E-state index contributed by atoms with van der Waals surface area (Å²) in [6.45, 7) is 5.31. The zero-order valence-corrected chi connectivity index (χ0v) is 13.4. The van der Waals surface area contributed by atoms with E-state index in [1.165, 1.54) is 6.42 Å². The van der Waals surface area contributed by atoms with Gasteiger partial charge in [0.1, 0.15) is 0 Å². The fourth-order valence-corrected chi connectivity index (χ4v) is 4.59. The lowest BCUT2D eigenvalue weighted by Gasteiger charge is -2.38. The van der Waals surface area contributed by atoms with E-state index in [1.807, 2.05) is 12.3 Å². The van der Waals surface area contributed by atoms with Crippen molar-refractivity contribution in [2.24, 2.45) is 0 Å². The van der Waals surface area contributed by atoms with Gasteiger partial charge in [0.25, 0.3) is 7.52 Å². The SMILES string of the molecule is CCCCOP(C)(=O)N1CCCCC1c1cccnc1. The predicted molar refractivity (Wildman–Crippen MR) is 81.9 cm³/mol. The van der Waals surface area contributed by atoms with E-state index in [4.69, 9.17) is 4.52 Å². The Bertz CT molecular complexity index is 452. The van der Waals surface area contributed by atoms with E-state index < -0.39 is 7.52 Å². The lowest BCUT2D eigenvalue weighted by molar-refractivity contribution is 0.197. The Morgan fingerprint density at radius 1 is 1.50 bits per heavy atom. The lowest BCUT2D eigenvalue weighted by atomic mass is 9.99. The van der Waals surface area contributed by atoms with E-state index in [0.717, 1.165) is 37.8 Å². The molecule has 0 saturated carbocycles. The highest BCUT2D eigenvalue weighted by atomic mass is 31.2. The average molecular weight is 296 g/mol. The molecule has 1 saturated heterocycles. The van der Waals surface area contributed by atoms with E-state index in [1.54, 1.807) is 12.9 Å². The van der Waals surface area contributed by atoms with Crippen LogP contribution in [0.4, 0.5) is 0 Å². The van der Waals surface area contributed by atoms with Crippen molar-refractivity contribution in [3.63, 3.8) is 0 Å². The molecule has 0 aromatic carbocycles. The molecule has 1 aromatic heterocycles. The molecule has 0 aliphatic carbocycles. The van der Waals surface area contributed by atoms with Gasteiger partial charge in [-0.15, -0.1) is 0 Å². The molecule has 1 aliphatic heterocycles. The molecule has 1 fully saturated rings. The first-order valence-electron chi connectivity index (χ1n) is 7.54. The molecular formula is C15H25N2O2P. The summed E-state index contributed by atoms with van der Waals surface area (Å²) in [6.07, 6.45) is 8.97. The first-order chi connectivity index (χ1) is 9.65. The Balaban J connectivity index is 2.12. The highest BCUT2D eigenvalue weighted by molar-refractivity contribution is 7.55. The summed E-state index contributed by atoms with van der Waals surface area (Å²) in [4.78, 5) is 4.19. The van der Waals surface area contributed by atoms with Crippen molar-refractivity contribution in [1.29, 1.82) is 0 Å². The van der Waals surface area contributed by atoms with Crippen molar-refractivity contribution in [3.05, 3.63) is 30.1 Å². The molecule has 1 aliphatic rings. The predicted octanol–water partition coefficient (Wildman–Crippen LogP) is 4.25. The molecule has 4 nitrogen and oxygen atoms in total. The summed E-state index contributed by atoms with van der Waals surface area (Å²) in [5.41, 5.74) is 1.15. The van der Waals surface area contributed by atoms with Crippen LogP contribution in [0.1, 0.15) is 50.6 Å². The molecule has 2 heterocycles. The van der Waals surface area contributed by atoms with E-state index in [2.05, 4.69) is 22.6 Å². The van der Waals surface area contributed by atoms with Crippen LogP contribution in [0.3, 0.4) is 0 Å². The van der Waals surface area contributed by atoms with Crippen LogP contribution in [0.5, 0.6) is 0 Å². The Kier molecular flexibility index (Phi) is 5.76. The Labute approximate surface area is 122 Å². The quantitative estimate of drug-likeness (QED) is 0.581. The maximum atomic E-state index is 12.9. The Morgan fingerprint density at radius 3 is 3.05 bits per heavy atom. The van der Waals surface area contributed by atoms with Gasteiger partial charge in [-0.25, -0.2) is 4.67 Å². The molecule has 2 rings (SSSR count). The van der Waals surface area contributed by atoms with Gasteiger partial charge in [0.05, 0.1) is 6.61 Å². The second kappa shape index (κ2) is 7.35. The molecule has 0 radical (unpaired) electrons. The Hall–Kier alpha value is -0.700. The lowest BCUT2D eigenvalue weighted by Crippen LogP contribution is -2.31. The zero-order valence-electron chi connectivity index (χ0n) is 12.5. The van der Waals surface area contributed by atoms with Gasteiger partial charge in [0.2, 0.25) is 0 Å². The molecular weight excluding hydrogens is 271 g/mol. The molecule has 2 atom stereocenters. The van der Waals surface area contributed by atoms with E-state index in [-0.39, 0.29) is 6.04 Å². The van der Waals surface area contributed by atoms with Crippen LogP contribution in [0, 0.1) is 0 Å². The fraction of sp³-hybridized carbons (Fsp3) is 0.667. The number of unbranched alkanes of at least 4 members (excludes halogenated alkanes) is 1. The van der Waals surface area contributed by atoms with Crippen LogP contribution in [0.2, 0.25) is 0 Å². The minimum absolute atomic E-state index is 0.176. The second-order valence-electron chi connectivity index (χ2n) is 5.45. The number of piperidine rings is 1. The molecule has 5 heteroatoms. The summed E-state index contributed by atoms with van der Waals surface area (Å²) in [7, 11) is -2.71. The smallest absolute Gasteiger partial charge is 0.269 e. The van der Waals surface area contributed by atoms with Crippen molar-refractivity contribution < 1.29 is 9.09 Å². The Morgan fingerprint density at radius 2 is 2.35 bits per heavy atom. The zero-order chi connectivity index (χ0) is 14.4. The summed E-state index contributed by atoms with van der Waals surface area (Å²) in [5, 5.41) is 0. The van der Waals surface area contributed by atoms with Crippen LogP contribution < -0.4 is 0 Å². The van der Waals surface area contributed by atoms with Gasteiger partial charge < -0.3 is 4.52 Å². The largest absolute Gasteiger partial charge is 0.318 e. The van der Waals surface area contributed by atoms with E-state index in [0.29, 0.717) is 6.61 Å². The van der Waals surface area contributed by atoms with Crippen LogP contribution >= 0.6 is 7.52 Å². The van der Waals surface area contributed by atoms with Gasteiger partial charge in [-0.1, -0.05) is 25.8 Å². The number of hydrogen-bond acceptors (Lipinski definition) is 3. The minimum Gasteiger partial charge on any atom is -0.318 e. The normalized spacial score (nSPS) is 23.4. The highest BCUT2D eigenvalue weighted by Crippen LogP contribution is 2.54. The maximum absolute atomic E-state index is 12.9. The van der Waals surface area contributed by atoms with Crippen LogP contribution in [-0.2, 0) is 9.09 Å². The second-order valence-corrected chi connectivity index (χ2v) is 7.83. The molecule has 0 N–H and O–H groups in total. The summed E-state index contributed by atoms with van der Waals surface area (Å²) in [5.74, 6) is 0. The van der Waals surface area contributed by atoms with Crippen LogP contribution in [-0.4, -0.2) is 29.5 Å².